The molecule has 0 bridgehead atoms. The first-order chi connectivity index (χ1) is 15.0. The Morgan fingerprint density at radius 3 is 2.52 bits per heavy atom. The van der Waals surface area contributed by atoms with E-state index in [1.54, 1.807) is 0 Å². The molecule has 0 saturated carbocycles. The Morgan fingerprint density at radius 1 is 1.06 bits per heavy atom. The van der Waals surface area contributed by atoms with Gasteiger partial charge in [0.25, 0.3) is 0 Å². The van der Waals surface area contributed by atoms with Crippen LogP contribution >= 0.6 is 27.3 Å². The van der Waals surface area contributed by atoms with Crippen molar-refractivity contribution < 1.29 is 9.59 Å². The number of nitrogens with zero attached hydrogens (tertiary/aromatic N) is 2. The van der Waals surface area contributed by atoms with E-state index >= 15 is 0 Å². The average molecular weight is 502 g/mol. The van der Waals surface area contributed by atoms with Crippen LogP contribution in [-0.2, 0) is 11.2 Å². The molecule has 1 heterocycles. The molecule has 3 amide bonds. The Kier molecular flexibility index (Phi) is 8.54. The number of aromatic nitrogens is 2. The van der Waals surface area contributed by atoms with Gasteiger partial charge in [-0.15, -0.1) is 10.2 Å². The molecule has 0 saturated heterocycles. The maximum atomic E-state index is 13.0. The summed E-state index contributed by atoms with van der Waals surface area (Å²) in [4.78, 5) is 25.2. The molecule has 3 N–H and O–H groups in total. The highest BCUT2D eigenvalue weighted by molar-refractivity contribution is 9.10. The summed E-state index contributed by atoms with van der Waals surface area (Å²) in [6, 6.07) is 16.2. The van der Waals surface area contributed by atoms with E-state index in [9.17, 15) is 9.59 Å². The lowest BCUT2D eigenvalue weighted by Gasteiger charge is -2.18. The number of amides is 3. The molecule has 3 aromatic rings. The number of hydrogen-bond acceptors (Lipinski definition) is 5. The van der Waals surface area contributed by atoms with Gasteiger partial charge < -0.3 is 10.6 Å². The highest BCUT2D eigenvalue weighted by Crippen LogP contribution is 2.27. The molecule has 0 aliphatic carbocycles. The highest BCUT2D eigenvalue weighted by Gasteiger charge is 2.22. The fraction of sp³-hybridized carbons (Fsp3) is 0.273. The predicted molar refractivity (Wildman–Crippen MR) is 127 cm³/mol. The van der Waals surface area contributed by atoms with Gasteiger partial charge in [-0.2, -0.15) is 0 Å². The lowest BCUT2D eigenvalue weighted by atomic mass is 10.1. The van der Waals surface area contributed by atoms with Crippen molar-refractivity contribution in [1.29, 1.82) is 0 Å². The fourth-order valence-corrected chi connectivity index (χ4v) is 3.84. The molecule has 1 aromatic heterocycles. The van der Waals surface area contributed by atoms with Crippen molar-refractivity contribution >= 4 is 44.3 Å². The second-order valence-corrected chi connectivity index (χ2v) is 8.80. The van der Waals surface area contributed by atoms with Gasteiger partial charge in [0, 0.05) is 23.0 Å². The highest BCUT2D eigenvalue weighted by atomic mass is 79.9. The van der Waals surface area contributed by atoms with E-state index in [-0.39, 0.29) is 11.9 Å². The molecule has 0 aliphatic heterocycles. The first kappa shape index (κ1) is 22.9. The smallest absolute Gasteiger partial charge is 0.315 e. The number of nitrogens with one attached hydrogen (secondary N) is 3. The Balaban J connectivity index is 1.68. The number of hydrogen-bond donors (Lipinski definition) is 3. The zero-order valence-corrected chi connectivity index (χ0v) is 19.5. The number of benzene rings is 2. The average Bonchev–Trinajstić information content (AvgIpc) is 3.23. The van der Waals surface area contributed by atoms with E-state index in [0.29, 0.717) is 23.1 Å². The SMILES string of the molecule is CCCCNC(=O)NC(Cc1ccccc1)C(=O)Nc1nnc(-c2ccc(Br)cc2)s1. The van der Waals surface area contributed by atoms with Crippen LogP contribution in [0.3, 0.4) is 0 Å². The van der Waals surface area contributed by atoms with E-state index in [0.717, 1.165) is 28.4 Å². The third-order valence-corrected chi connectivity index (χ3v) is 5.88. The summed E-state index contributed by atoms with van der Waals surface area (Å²) >= 11 is 4.69. The van der Waals surface area contributed by atoms with Gasteiger partial charge in [-0.05, 0) is 24.1 Å². The molecular weight excluding hydrogens is 478 g/mol. The number of urea groups is 1. The summed E-state index contributed by atoms with van der Waals surface area (Å²) in [6.45, 7) is 2.62. The Morgan fingerprint density at radius 2 is 1.81 bits per heavy atom. The Bertz CT molecular complexity index is 995. The van der Waals surface area contributed by atoms with Crippen LogP contribution in [0.4, 0.5) is 9.93 Å². The minimum Gasteiger partial charge on any atom is -0.338 e. The van der Waals surface area contributed by atoms with Crippen molar-refractivity contribution in [2.45, 2.75) is 32.2 Å². The summed E-state index contributed by atoms with van der Waals surface area (Å²) in [7, 11) is 0. The van der Waals surface area contributed by atoms with Crippen molar-refractivity contribution in [2.75, 3.05) is 11.9 Å². The van der Waals surface area contributed by atoms with Crippen molar-refractivity contribution in [2.24, 2.45) is 0 Å². The van der Waals surface area contributed by atoms with E-state index in [1.165, 1.54) is 11.3 Å². The van der Waals surface area contributed by atoms with Crippen LogP contribution in [-0.4, -0.2) is 34.7 Å². The summed E-state index contributed by atoms with van der Waals surface area (Å²) in [5, 5.41) is 17.7. The van der Waals surface area contributed by atoms with E-state index in [1.807, 2.05) is 54.6 Å². The lowest BCUT2D eigenvalue weighted by molar-refractivity contribution is -0.117. The molecule has 0 spiro atoms. The molecule has 3 rings (SSSR count). The van der Waals surface area contributed by atoms with E-state index in [2.05, 4.69) is 49.0 Å². The molecule has 162 valence electrons. The summed E-state index contributed by atoms with van der Waals surface area (Å²) in [6.07, 6.45) is 2.23. The van der Waals surface area contributed by atoms with Crippen molar-refractivity contribution in [3.8, 4) is 10.6 Å². The monoisotopic (exact) mass is 501 g/mol. The van der Waals surface area contributed by atoms with Gasteiger partial charge >= 0.3 is 6.03 Å². The molecule has 0 fully saturated rings. The normalized spacial score (nSPS) is 11.5. The number of carbonyl (C=O) groups excluding carboxylic acids is 2. The van der Waals surface area contributed by atoms with Crippen molar-refractivity contribution in [3.63, 3.8) is 0 Å². The summed E-state index contributed by atoms with van der Waals surface area (Å²) in [5.74, 6) is -0.340. The fourth-order valence-electron chi connectivity index (χ4n) is 2.82. The lowest BCUT2D eigenvalue weighted by Crippen LogP contribution is -2.49. The van der Waals surface area contributed by atoms with Gasteiger partial charge in [0.2, 0.25) is 11.0 Å². The van der Waals surface area contributed by atoms with Crippen LogP contribution in [0.1, 0.15) is 25.3 Å². The van der Waals surface area contributed by atoms with Gasteiger partial charge in [0.05, 0.1) is 0 Å². The standard InChI is InChI=1S/C22H24BrN5O2S/c1-2-3-13-24-21(30)25-18(14-15-7-5-4-6-8-15)19(29)26-22-28-27-20(31-22)16-9-11-17(23)12-10-16/h4-12,18H,2-3,13-14H2,1H3,(H2,24,25,30)(H,26,28,29). The summed E-state index contributed by atoms with van der Waals surface area (Å²) < 4.78 is 0.973. The first-order valence-electron chi connectivity index (χ1n) is 10.0. The third-order valence-electron chi connectivity index (χ3n) is 4.47. The molecule has 0 radical (unpaired) electrons. The molecule has 1 atom stereocenters. The second kappa shape index (κ2) is 11.6. The van der Waals surface area contributed by atoms with Crippen LogP contribution in [0.15, 0.2) is 59.1 Å². The molecular formula is C22H24BrN5O2S. The zero-order valence-electron chi connectivity index (χ0n) is 17.1. The van der Waals surface area contributed by atoms with Gasteiger partial charge in [0.1, 0.15) is 11.0 Å². The first-order valence-corrected chi connectivity index (χ1v) is 11.6. The molecule has 0 aliphatic rings. The molecule has 1 unspecified atom stereocenters. The topological polar surface area (TPSA) is 96.0 Å². The Hall–Kier alpha value is -2.78. The minimum absolute atomic E-state index is 0.340. The van der Waals surface area contributed by atoms with Gasteiger partial charge in [-0.25, -0.2) is 4.79 Å². The molecule has 7 nitrogen and oxygen atoms in total. The van der Waals surface area contributed by atoms with Gasteiger partial charge in [-0.3, -0.25) is 10.1 Å². The Labute approximate surface area is 193 Å². The van der Waals surface area contributed by atoms with E-state index in [4.69, 9.17) is 0 Å². The predicted octanol–water partition coefficient (Wildman–Crippen LogP) is 4.62. The number of halogens is 1. The maximum Gasteiger partial charge on any atom is 0.315 e. The van der Waals surface area contributed by atoms with Crippen LogP contribution in [0, 0.1) is 0 Å². The van der Waals surface area contributed by atoms with Crippen LogP contribution in [0.5, 0.6) is 0 Å². The third kappa shape index (κ3) is 7.15. The number of rotatable bonds is 9. The number of unbranched alkanes of at least 4 members (excludes halogenated alkanes) is 1. The van der Waals surface area contributed by atoms with Gasteiger partial charge in [0.15, 0.2) is 0 Å². The molecule has 2 aromatic carbocycles. The second-order valence-electron chi connectivity index (χ2n) is 6.90. The maximum absolute atomic E-state index is 13.0. The van der Waals surface area contributed by atoms with Crippen molar-refractivity contribution in [1.82, 2.24) is 20.8 Å². The minimum atomic E-state index is -0.746. The van der Waals surface area contributed by atoms with Crippen molar-refractivity contribution in [3.05, 3.63) is 64.6 Å². The molecule has 9 heteroatoms. The van der Waals surface area contributed by atoms with Gasteiger partial charge in [-0.1, -0.05) is 83.1 Å². The largest absolute Gasteiger partial charge is 0.338 e. The quantitative estimate of drug-likeness (QED) is 0.372. The van der Waals surface area contributed by atoms with Crippen LogP contribution < -0.4 is 16.0 Å². The molecule has 31 heavy (non-hydrogen) atoms. The summed E-state index contributed by atoms with van der Waals surface area (Å²) in [5.41, 5.74) is 1.86. The number of anilines is 1. The van der Waals surface area contributed by atoms with Crippen LogP contribution in [0.25, 0.3) is 10.6 Å². The number of carbonyl (C=O) groups is 2. The van der Waals surface area contributed by atoms with E-state index < -0.39 is 6.04 Å². The zero-order chi connectivity index (χ0) is 22.1. The van der Waals surface area contributed by atoms with Crippen LogP contribution in [0.2, 0.25) is 0 Å².